The van der Waals surface area contributed by atoms with Crippen LogP contribution in [0.5, 0.6) is 0 Å². The van der Waals surface area contributed by atoms with Gasteiger partial charge in [0.05, 0.1) is 5.60 Å². The number of rotatable bonds is 6. The molecule has 2 atom stereocenters. The van der Waals surface area contributed by atoms with Crippen molar-refractivity contribution in [1.29, 1.82) is 0 Å². The summed E-state index contributed by atoms with van der Waals surface area (Å²) in [5.41, 5.74) is -0.657. The van der Waals surface area contributed by atoms with Gasteiger partial charge >= 0.3 is 0 Å². The lowest BCUT2D eigenvalue weighted by molar-refractivity contribution is 0.0224. The Kier molecular flexibility index (Phi) is 6.28. The van der Waals surface area contributed by atoms with Gasteiger partial charge in [0.2, 0.25) is 0 Å². The summed E-state index contributed by atoms with van der Waals surface area (Å²) in [6.45, 7) is 5.34. The molecular formula is C12H26N2O2. The number of hydrogen-bond acceptors (Lipinski definition) is 4. The van der Waals surface area contributed by atoms with Crippen molar-refractivity contribution in [2.24, 2.45) is 0 Å². The van der Waals surface area contributed by atoms with Crippen molar-refractivity contribution in [3.63, 3.8) is 0 Å². The van der Waals surface area contributed by atoms with Crippen molar-refractivity contribution >= 4 is 0 Å². The molecule has 0 aromatic carbocycles. The minimum absolute atomic E-state index is 0.545. The largest absolute Gasteiger partial charge is 0.389 e. The van der Waals surface area contributed by atoms with E-state index in [9.17, 15) is 5.11 Å². The van der Waals surface area contributed by atoms with Crippen molar-refractivity contribution in [3.05, 3.63) is 0 Å². The van der Waals surface area contributed by atoms with Crippen LogP contribution in [0.25, 0.3) is 0 Å². The van der Waals surface area contributed by atoms with Crippen LogP contribution in [0.4, 0.5) is 0 Å². The van der Waals surface area contributed by atoms with Gasteiger partial charge in [0.1, 0.15) is 0 Å². The molecule has 0 aliphatic carbocycles. The first-order valence-electron chi connectivity index (χ1n) is 6.29. The normalized spacial score (nSPS) is 26.1. The van der Waals surface area contributed by atoms with Gasteiger partial charge in [0.15, 0.2) is 0 Å². The predicted molar refractivity (Wildman–Crippen MR) is 65.6 cm³/mol. The molecular weight excluding hydrogens is 204 g/mol. The van der Waals surface area contributed by atoms with Gasteiger partial charge in [0.25, 0.3) is 0 Å². The molecule has 4 heteroatoms. The van der Waals surface area contributed by atoms with E-state index in [4.69, 9.17) is 4.74 Å². The van der Waals surface area contributed by atoms with E-state index in [1.807, 2.05) is 6.92 Å². The SMILES string of the molecule is COCCC(C)(O)CNC1CCCNCC1. The maximum atomic E-state index is 10.1. The van der Waals surface area contributed by atoms with E-state index < -0.39 is 5.60 Å². The highest BCUT2D eigenvalue weighted by atomic mass is 16.5. The summed E-state index contributed by atoms with van der Waals surface area (Å²) < 4.78 is 4.99. The molecule has 1 aliphatic rings. The maximum absolute atomic E-state index is 10.1. The summed E-state index contributed by atoms with van der Waals surface area (Å²) in [5.74, 6) is 0. The number of methoxy groups -OCH3 is 1. The molecule has 0 amide bonds. The average molecular weight is 230 g/mol. The summed E-state index contributed by atoms with van der Waals surface area (Å²) in [6.07, 6.45) is 4.26. The Bertz CT molecular complexity index is 178. The highest BCUT2D eigenvalue weighted by Gasteiger charge is 2.21. The zero-order valence-corrected chi connectivity index (χ0v) is 10.6. The molecule has 96 valence electrons. The maximum Gasteiger partial charge on any atom is 0.0765 e. The van der Waals surface area contributed by atoms with Crippen LogP contribution in [0.3, 0.4) is 0 Å². The minimum Gasteiger partial charge on any atom is -0.389 e. The lowest BCUT2D eigenvalue weighted by Gasteiger charge is -2.26. The molecule has 0 aromatic rings. The Morgan fingerprint density at radius 2 is 2.25 bits per heavy atom. The van der Waals surface area contributed by atoms with Crippen LogP contribution in [0.15, 0.2) is 0 Å². The van der Waals surface area contributed by atoms with Crippen LogP contribution < -0.4 is 10.6 Å². The lowest BCUT2D eigenvalue weighted by Crippen LogP contribution is -2.43. The highest BCUT2D eigenvalue weighted by molar-refractivity contribution is 4.80. The molecule has 0 radical (unpaired) electrons. The van der Waals surface area contributed by atoms with E-state index in [1.165, 1.54) is 12.8 Å². The highest BCUT2D eigenvalue weighted by Crippen LogP contribution is 2.10. The Morgan fingerprint density at radius 3 is 3.00 bits per heavy atom. The Labute approximate surface area is 98.8 Å². The molecule has 0 saturated carbocycles. The van der Waals surface area contributed by atoms with Crippen LogP contribution >= 0.6 is 0 Å². The molecule has 1 heterocycles. The Hall–Kier alpha value is -0.160. The van der Waals surface area contributed by atoms with Crippen LogP contribution in [-0.4, -0.2) is 50.1 Å². The zero-order chi connectivity index (χ0) is 11.9. The summed E-state index contributed by atoms with van der Waals surface area (Å²) in [5, 5.41) is 16.9. The van der Waals surface area contributed by atoms with E-state index in [0.717, 1.165) is 19.5 Å². The number of nitrogens with one attached hydrogen (secondary N) is 2. The summed E-state index contributed by atoms with van der Waals surface area (Å²) in [7, 11) is 1.67. The molecule has 1 saturated heterocycles. The third-order valence-electron chi connectivity index (χ3n) is 3.19. The quantitative estimate of drug-likeness (QED) is 0.622. The molecule has 0 aromatic heterocycles. The van der Waals surface area contributed by atoms with Gasteiger partial charge in [0, 0.05) is 32.7 Å². The van der Waals surface area contributed by atoms with Crippen LogP contribution in [0, 0.1) is 0 Å². The van der Waals surface area contributed by atoms with E-state index in [0.29, 0.717) is 25.6 Å². The van der Waals surface area contributed by atoms with Gasteiger partial charge in [-0.3, -0.25) is 0 Å². The van der Waals surface area contributed by atoms with Crippen LogP contribution in [0.1, 0.15) is 32.6 Å². The number of ether oxygens (including phenoxy) is 1. The van der Waals surface area contributed by atoms with Crippen molar-refractivity contribution in [2.75, 3.05) is 33.4 Å². The number of hydrogen-bond donors (Lipinski definition) is 3. The van der Waals surface area contributed by atoms with Gasteiger partial charge in [-0.05, 0) is 39.3 Å². The molecule has 1 rings (SSSR count). The molecule has 0 spiro atoms. The molecule has 16 heavy (non-hydrogen) atoms. The third kappa shape index (κ3) is 5.80. The monoisotopic (exact) mass is 230 g/mol. The topological polar surface area (TPSA) is 53.5 Å². The first kappa shape index (κ1) is 13.9. The summed E-state index contributed by atoms with van der Waals surface area (Å²) in [4.78, 5) is 0. The molecule has 3 N–H and O–H groups in total. The van der Waals surface area contributed by atoms with Gasteiger partial charge in [-0.1, -0.05) is 0 Å². The fraction of sp³-hybridized carbons (Fsp3) is 1.00. The first-order valence-corrected chi connectivity index (χ1v) is 6.29. The van der Waals surface area contributed by atoms with E-state index >= 15 is 0 Å². The third-order valence-corrected chi connectivity index (χ3v) is 3.19. The summed E-state index contributed by atoms with van der Waals surface area (Å²) >= 11 is 0. The first-order chi connectivity index (χ1) is 7.64. The zero-order valence-electron chi connectivity index (χ0n) is 10.6. The molecule has 1 fully saturated rings. The van der Waals surface area contributed by atoms with E-state index in [-0.39, 0.29) is 0 Å². The second kappa shape index (κ2) is 7.22. The smallest absolute Gasteiger partial charge is 0.0765 e. The second-order valence-corrected chi connectivity index (χ2v) is 5.00. The Morgan fingerprint density at radius 1 is 1.44 bits per heavy atom. The predicted octanol–water partition coefficient (Wildman–Crippen LogP) is 0.506. The molecule has 4 nitrogen and oxygen atoms in total. The van der Waals surface area contributed by atoms with Crippen molar-refractivity contribution in [2.45, 2.75) is 44.2 Å². The van der Waals surface area contributed by atoms with Crippen LogP contribution in [-0.2, 0) is 4.74 Å². The number of aliphatic hydroxyl groups is 1. The van der Waals surface area contributed by atoms with Gasteiger partial charge in [-0.2, -0.15) is 0 Å². The van der Waals surface area contributed by atoms with Gasteiger partial charge in [-0.25, -0.2) is 0 Å². The van der Waals surface area contributed by atoms with E-state index in [2.05, 4.69) is 10.6 Å². The molecule has 0 bridgehead atoms. The fourth-order valence-corrected chi connectivity index (χ4v) is 2.00. The van der Waals surface area contributed by atoms with Crippen molar-refractivity contribution in [3.8, 4) is 0 Å². The van der Waals surface area contributed by atoms with Gasteiger partial charge in [-0.15, -0.1) is 0 Å². The average Bonchev–Trinajstić information content (AvgIpc) is 2.52. The van der Waals surface area contributed by atoms with Crippen molar-refractivity contribution < 1.29 is 9.84 Å². The van der Waals surface area contributed by atoms with Crippen molar-refractivity contribution in [1.82, 2.24) is 10.6 Å². The fourth-order valence-electron chi connectivity index (χ4n) is 2.00. The van der Waals surface area contributed by atoms with Crippen LogP contribution in [0.2, 0.25) is 0 Å². The molecule has 2 unspecified atom stereocenters. The lowest BCUT2D eigenvalue weighted by atomic mass is 10.0. The Balaban J connectivity index is 2.20. The molecule has 1 aliphatic heterocycles. The minimum atomic E-state index is -0.657. The second-order valence-electron chi connectivity index (χ2n) is 5.00. The summed E-state index contributed by atoms with van der Waals surface area (Å²) in [6, 6.07) is 0.545. The van der Waals surface area contributed by atoms with E-state index in [1.54, 1.807) is 7.11 Å². The standard InChI is InChI=1S/C12H26N2O2/c1-12(15,6-9-16-2)10-14-11-4-3-7-13-8-5-11/h11,13-15H,3-10H2,1-2H3. The van der Waals surface area contributed by atoms with Gasteiger partial charge < -0.3 is 20.5 Å².